The minimum atomic E-state index is -0.906. The van der Waals surface area contributed by atoms with Gasteiger partial charge < -0.3 is 9.73 Å². The van der Waals surface area contributed by atoms with Crippen molar-refractivity contribution in [2.24, 2.45) is 7.05 Å². The lowest BCUT2D eigenvalue weighted by Crippen LogP contribution is -2.41. The second-order valence-electron chi connectivity index (χ2n) is 10.6. The number of aryl methyl sites for hydroxylation is 1. The van der Waals surface area contributed by atoms with Gasteiger partial charge in [0.05, 0.1) is 36.2 Å². The SMILES string of the molecule is Cc1c(-c2cnn(C)c2)nn(-c2ccccc2)c1CC(=O)N[C@@H]1CN(Cc2ccc(Br)o2)C[C@H]1c1ccc(F)c(F)c1. The van der Waals surface area contributed by atoms with Crippen LogP contribution in [-0.4, -0.2) is 49.5 Å². The van der Waals surface area contributed by atoms with E-state index in [2.05, 4.69) is 31.2 Å². The maximum Gasteiger partial charge on any atom is 0.226 e. The normalized spacial score (nSPS) is 17.2. The van der Waals surface area contributed by atoms with Gasteiger partial charge in [-0.1, -0.05) is 24.3 Å². The van der Waals surface area contributed by atoms with Gasteiger partial charge in [0.15, 0.2) is 16.3 Å². The summed E-state index contributed by atoms with van der Waals surface area (Å²) in [7, 11) is 1.85. The highest BCUT2D eigenvalue weighted by Gasteiger charge is 2.36. The first-order valence-corrected chi connectivity index (χ1v) is 14.4. The Balaban J connectivity index is 1.28. The second kappa shape index (κ2) is 11.7. The molecule has 216 valence electrons. The monoisotopic (exact) mass is 634 g/mol. The van der Waals surface area contributed by atoms with E-state index in [1.165, 1.54) is 6.07 Å². The van der Waals surface area contributed by atoms with Crippen LogP contribution in [0.25, 0.3) is 16.9 Å². The average molecular weight is 636 g/mol. The number of likely N-dealkylation sites (tertiary alicyclic amines) is 1. The number of amides is 1. The lowest BCUT2D eigenvalue weighted by Gasteiger charge is -2.21. The first kappa shape index (κ1) is 28.0. The molecule has 2 atom stereocenters. The Bertz CT molecular complexity index is 1730. The summed E-state index contributed by atoms with van der Waals surface area (Å²) >= 11 is 3.34. The van der Waals surface area contributed by atoms with E-state index in [0.29, 0.717) is 29.9 Å². The highest BCUT2D eigenvalue weighted by atomic mass is 79.9. The minimum Gasteiger partial charge on any atom is -0.453 e. The van der Waals surface area contributed by atoms with Gasteiger partial charge >= 0.3 is 0 Å². The number of para-hydroxylation sites is 1. The Kier molecular flexibility index (Phi) is 7.78. The molecule has 1 fully saturated rings. The summed E-state index contributed by atoms with van der Waals surface area (Å²) in [5.41, 5.74) is 4.74. The number of carbonyl (C=O) groups excluding carboxylic acids is 1. The molecule has 5 aromatic rings. The van der Waals surface area contributed by atoms with Crippen LogP contribution in [0.3, 0.4) is 0 Å². The van der Waals surface area contributed by atoms with E-state index >= 15 is 0 Å². The largest absolute Gasteiger partial charge is 0.453 e. The van der Waals surface area contributed by atoms with Gasteiger partial charge in [-0.3, -0.25) is 14.4 Å². The van der Waals surface area contributed by atoms with Crippen LogP contribution in [0.4, 0.5) is 8.78 Å². The number of aromatic nitrogens is 4. The Morgan fingerprint density at radius 3 is 2.60 bits per heavy atom. The lowest BCUT2D eigenvalue weighted by atomic mass is 9.94. The number of nitrogens with one attached hydrogen (secondary N) is 1. The molecule has 0 bridgehead atoms. The molecule has 8 nitrogen and oxygen atoms in total. The van der Waals surface area contributed by atoms with Gasteiger partial charge in [-0.25, -0.2) is 13.5 Å². The first-order chi connectivity index (χ1) is 20.2. The summed E-state index contributed by atoms with van der Waals surface area (Å²) < 4.78 is 37.8. The van der Waals surface area contributed by atoms with Crippen LogP contribution < -0.4 is 5.32 Å². The predicted octanol–water partition coefficient (Wildman–Crippen LogP) is 5.54. The second-order valence-corrected chi connectivity index (χ2v) is 11.4. The van der Waals surface area contributed by atoms with Crippen LogP contribution in [0.5, 0.6) is 0 Å². The number of halogens is 3. The Morgan fingerprint density at radius 1 is 1.10 bits per heavy atom. The van der Waals surface area contributed by atoms with Gasteiger partial charge in [0.25, 0.3) is 0 Å². The highest BCUT2D eigenvalue weighted by Crippen LogP contribution is 2.31. The van der Waals surface area contributed by atoms with Crippen molar-refractivity contribution in [3.63, 3.8) is 0 Å². The molecule has 2 aromatic carbocycles. The van der Waals surface area contributed by atoms with Crippen LogP contribution in [-0.2, 0) is 24.8 Å². The predicted molar refractivity (Wildman–Crippen MR) is 157 cm³/mol. The molecule has 1 aliphatic heterocycles. The zero-order valence-electron chi connectivity index (χ0n) is 23.1. The molecule has 0 saturated carbocycles. The fourth-order valence-electron chi connectivity index (χ4n) is 5.65. The van der Waals surface area contributed by atoms with E-state index in [-0.39, 0.29) is 24.3 Å². The number of furan rings is 1. The highest BCUT2D eigenvalue weighted by molar-refractivity contribution is 9.10. The molecule has 0 radical (unpaired) electrons. The molecule has 1 saturated heterocycles. The van der Waals surface area contributed by atoms with Crippen molar-refractivity contribution in [1.82, 2.24) is 29.8 Å². The summed E-state index contributed by atoms with van der Waals surface area (Å²) in [6.45, 7) is 3.54. The lowest BCUT2D eigenvalue weighted by molar-refractivity contribution is -0.121. The maximum atomic E-state index is 14.2. The molecule has 6 rings (SSSR count). The number of hydrogen-bond donors (Lipinski definition) is 1. The number of nitrogens with zero attached hydrogens (tertiary/aromatic N) is 5. The van der Waals surface area contributed by atoms with E-state index in [0.717, 1.165) is 40.0 Å². The molecule has 0 spiro atoms. The number of hydrogen-bond acceptors (Lipinski definition) is 5. The van der Waals surface area contributed by atoms with Crippen LogP contribution in [0, 0.1) is 18.6 Å². The third-order valence-electron chi connectivity index (χ3n) is 7.67. The summed E-state index contributed by atoms with van der Waals surface area (Å²) in [6.07, 6.45) is 3.73. The molecule has 0 unspecified atom stereocenters. The van der Waals surface area contributed by atoms with Crippen molar-refractivity contribution in [1.29, 1.82) is 0 Å². The molecule has 1 aliphatic rings. The molecule has 4 heterocycles. The Hall–Kier alpha value is -4.09. The van der Waals surface area contributed by atoms with Crippen molar-refractivity contribution in [3.8, 4) is 16.9 Å². The van der Waals surface area contributed by atoms with Gasteiger partial charge in [0, 0.05) is 43.9 Å². The van der Waals surface area contributed by atoms with Crippen LogP contribution in [0.1, 0.15) is 28.5 Å². The van der Waals surface area contributed by atoms with Gasteiger partial charge in [-0.2, -0.15) is 10.2 Å². The molecule has 42 heavy (non-hydrogen) atoms. The van der Waals surface area contributed by atoms with Gasteiger partial charge in [0.2, 0.25) is 5.91 Å². The maximum absolute atomic E-state index is 14.2. The fourth-order valence-corrected chi connectivity index (χ4v) is 5.99. The molecule has 1 N–H and O–H groups in total. The molecule has 11 heteroatoms. The third kappa shape index (κ3) is 5.79. The fraction of sp³-hybridized carbons (Fsp3) is 0.258. The van der Waals surface area contributed by atoms with Crippen LogP contribution >= 0.6 is 15.9 Å². The molecule has 0 aliphatic carbocycles. The zero-order chi connectivity index (χ0) is 29.4. The van der Waals surface area contributed by atoms with E-state index in [4.69, 9.17) is 9.52 Å². The van der Waals surface area contributed by atoms with Crippen molar-refractivity contribution in [3.05, 3.63) is 112 Å². The van der Waals surface area contributed by atoms with E-state index in [1.54, 1.807) is 21.6 Å². The van der Waals surface area contributed by atoms with Crippen molar-refractivity contribution < 1.29 is 18.0 Å². The van der Waals surface area contributed by atoms with Gasteiger partial charge in [-0.05, 0) is 70.4 Å². The Labute approximate surface area is 250 Å². The molecular weight excluding hydrogens is 606 g/mol. The quantitative estimate of drug-likeness (QED) is 0.242. The van der Waals surface area contributed by atoms with Crippen molar-refractivity contribution >= 4 is 21.8 Å². The molecule has 1 amide bonds. The number of rotatable bonds is 8. The summed E-state index contributed by atoms with van der Waals surface area (Å²) in [4.78, 5) is 15.8. The molecular formula is C31H29BrF2N6O2. The van der Waals surface area contributed by atoms with E-state index in [9.17, 15) is 13.6 Å². The van der Waals surface area contributed by atoms with Gasteiger partial charge in [0.1, 0.15) is 5.76 Å². The van der Waals surface area contributed by atoms with Gasteiger partial charge in [-0.15, -0.1) is 0 Å². The smallest absolute Gasteiger partial charge is 0.226 e. The zero-order valence-corrected chi connectivity index (χ0v) is 24.7. The standard InChI is InChI=1S/C31H29BrF2N6O2/c1-19-28(40(22-6-4-3-5-7-22)37-31(19)21-14-35-38(2)15-21)13-30(41)36-27-18-39(16-23-9-11-29(32)42-23)17-24(27)20-8-10-25(33)26(34)12-20/h3-12,14-15,24,27H,13,16-18H2,1-2H3,(H,36,41)/t24-,27+/m0/s1. The van der Waals surface area contributed by atoms with E-state index in [1.807, 2.05) is 62.6 Å². The number of benzene rings is 2. The van der Waals surface area contributed by atoms with Crippen LogP contribution in [0.2, 0.25) is 0 Å². The summed E-state index contributed by atoms with van der Waals surface area (Å²) in [5.74, 6) is -1.47. The van der Waals surface area contributed by atoms with Crippen LogP contribution in [0.15, 0.2) is 82.1 Å². The van der Waals surface area contributed by atoms with E-state index < -0.39 is 11.6 Å². The summed E-state index contributed by atoms with van der Waals surface area (Å²) in [5, 5.41) is 12.4. The molecule has 3 aromatic heterocycles. The third-order valence-corrected chi connectivity index (χ3v) is 8.10. The van der Waals surface area contributed by atoms with Crippen molar-refractivity contribution in [2.75, 3.05) is 13.1 Å². The minimum absolute atomic E-state index is 0.0835. The Morgan fingerprint density at radius 2 is 1.90 bits per heavy atom. The summed E-state index contributed by atoms with van der Waals surface area (Å²) in [6, 6.07) is 17.0. The van der Waals surface area contributed by atoms with Crippen molar-refractivity contribution in [2.45, 2.75) is 31.8 Å². The topological polar surface area (TPSA) is 81.1 Å². The first-order valence-electron chi connectivity index (χ1n) is 13.6. The average Bonchev–Trinajstić information content (AvgIpc) is 3.75. The number of carbonyl (C=O) groups is 1.